The molecule has 0 bridgehead atoms. The molecule has 24 heavy (non-hydrogen) atoms. The number of para-hydroxylation sites is 1. The van der Waals surface area contributed by atoms with Crippen molar-refractivity contribution in [3.63, 3.8) is 0 Å². The van der Waals surface area contributed by atoms with Gasteiger partial charge in [-0.05, 0) is 30.5 Å². The van der Waals surface area contributed by atoms with Crippen molar-refractivity contribution in [2.75, 3.05) is 34.9 Å². The molecule has 4 rings (SSSR count). The summed E-state index contributed by atoms with van der Waals surface area (Å²) in [5, 5.41) is 0. The Labute approximate surface area is 142 Å². The highest BCUT2D eigenvalue weighted by atomic mass is 32.2. The summed E-state index contributed by atoms with van der Waals surface area (Å²) < 4.78 is 23.4. The second kappa shape index (κ2) is 5.73. The molecule has 2 aromatic rings. The van der Waals surface area contributed by atoms with E-state index in [1.54, 1.807) is 6.20 Å². The fraction of sp³-hybridized carbons (Fsp3) is 0.412. The Morgan fingerprint density at radius 1 is 1.25 bits per heavy atom. The maximum absolute atomic E-state index is 11.7. The largest absolute Gasteiger partial charge is 0.340 e. The topological polar surface area (TPSA) is 66.4 Å². The van der Waals surface area contributed by atoms with Crippen molar-refractivity contribution in [2.24, 2.45) is 0 Å². The minimum Gasteiger partial charge on any atom is -0.340 e. The highest BCUT2D eigenvalue weighted by Crippen LogP contribution is 2.33. The summed E-state index contributed by atoms with van der Waals surface area (Å²) in [6, 6.07) is 10.2. The summed E-state index contributed by atoms with van der Waals surface area (Å²) >= 11 is 0. The number of hydrogen-bond acceptors (Lipinski definition) is 6. The number of sulfone groups is 1. The minimum atomic E-state index is -2.92. The first-order valence-corrected chi connectivity index (χ1v) is 9.97. The van der Waals surface area contributed by atoms with E-state index in [4.69, 9.17) is 4.98 Å². The molecule has 0 N–H and O–H groups in total. The first-order valence-electron chi connectivity index (χ1n) is 8.15. The van der Waals surface area contributed by atoms with Gasteiger partial charge in [0.2, 0.25) is 5.95 Å². The van der Waals surface area contributed by atoms with Crippen molar-refractivity contribution in [3.05, 3.63) is 42.1 Å². The van der Waals surface area contributed by atoms with E-state index >= 15 is 0 Å². The van der Waals surface area contributed by atoms with Crippen molar-refractivity contribution in [3.8, 4) is 0 Å². The van der Waals surface area contributed by atoms with Gasteiger partial charge in [0.25, 0.3) is 0 Å². The molecule has 0 aliphatic carbocycles. The normalized spacial score (nSPS) is 21.7. The Kier molecular flexibility index (Phi) is 3.68. The molecule has 0 spiro atoms. The summed E-state index contributed by atoms with van der Waals surface area (Å²) in [7, 11) is -1.04. The molecule has 1 fully saturated rings. The highest BCUT2D eigenvalue weighted by molar-refractivity contribution is 7.91. The van der Waals surface area contributed by atoms with E-state index in [1.165, 1.54) is 11.3 Å². The Balaban J connectivity index is 1.61. The van der Waals surface area contributed by atoms with Crippen molar-refractivity contribution in [1.29, 1.82) is 0 Å². The van der Waals surface area contributed by atoms with Gasteiger partial charge in [-0.25, -0.2) is 13.4 Å². The van der Waals surface area contributed by atoms with E-state index < -0.39 is 9.84 Å². The first-order chi connectivity index (χ1) is 11.5. The lowest BCUT2D eigenvalue weighted by molar-refractivity contribution is 0.600. The lowest BCUT2D eigenvalue weighted by atomic mass is 10.2. The van der Waals surface area contributed by atoms with Crippen LogP contribution < -0.4 is 9.80 Å². The maximum Gasteiger partial charge on any atom is 0.227 e. The fourth-order valence-electron chi connectivity index (χ4n) is 3.48. The average Bonchev–Trinajstić information content (AvgIpc) is 3.17. The van der Waals surface area contributed by atoms with E-state index in [2.05, 4.69) is 28.1 Å². The molecular formula is C17H20N4O2S. The quantitative estimate of drug-likeness (QED) is 0.846. The van der Waals surface area contributed by atoms with E-state index in [0.717, 1.165) is 18.8 Å². The van der Waals surface area contributed by atoms with Crippen molar-refractivity contribution in [2.45, 2.75) is 18.9 Å². The zero-order chi connectivity index (χ0) is 16.7. The molecule has 2 aliphatic rings. The van der Waals surface area contributed by atoms with Crippen LogP contribution in [0.2, 0.25) is 0 Å². The number of aromatic nitrogens is 2. The maximum atomic E-state index is 11.7. The SMILES string of the molecule is CN(c1nccc(N2CCc3ccccc32)n1)C1CCS(=O)(=O)C1. The van der Waals surface area contributed by atoms with E-state index in [9.17, 15) is 8.42 Å². The molecule has 0 saturated carbocycles. The zero-order valence-corrected chi connectivity index (χ0v) is 14.4. The highest BCUT2D eigenvalue weighted by Gasteiger charge is 2.32. The van der Waals surface area contributed by atoms with E-state index in [0.29, 0.717) is 12.4 Å². The standard InChI is InChI=1S/C17H20N4O2S/c1-20(14-8-11-24(22,23)12-14)17-18-9-6-16(19-17)21-10-7-13-4-2-3-5-15(13)21/h2-6,9,14H,7-8,10-12H2,1H3. The third-order valence-electron chi connectivity index (χ3n) is 4.86. The van der Waals surface area contributed by atoms with E-state index in [1.807, 2.05) is 24.1 Å². The molecule has 1 unspecified atom stereocenters. The van der Waals surface area contributed by atoms with Crippen molar-refractivity contribution < 1.29 is 8.42 Å². The van der Waals surface area contributed by atoms with E-state index in [-0.39, 0.29) is 17.5 Å². The van der Waals surface area contributed by atoms with Gasteiger partial charge in [-0.3, -0.25) is 0 Å². The van der Waals surface area contributed by atoms with Crippen LogP contribution in [-0.4, -0.2) is 49.5 Å². The minimum absolute atomic E-state index is 0.0453. The van der Waals surface area contributed by atoms with Crippen LogP contribution in [0.5, 0.6) is 0 Å². The second-order valence-electron chi connectivity index (χ2n) is 6.41. The summed E-state index contributed by atoms with van der Waals surface area (Å²) in [5.74, 6) is 1.88. The van der Waals surface area contributed by atoms with Crippen LogP contribution in [0.3, 0.4) is 0 Å². The molecule has 126 valence electrons. The summed E-state index contributed by atoms with van der Waals surface area (Å²) in [5.41, 5.74) is 2.51. The van der Waals surface area contributed by atoms with Crippen LogP contribution >= 0.6 is 0 Å². The molecule has 0 amide bonds. The van der Waals surface area contributed by atoms with Crippen LogP contribution in [0, 0.1) is 0 Å². The van der Waals surface area contributed by atoms with Gasteiger partial charge in [0, 0.05) is 31.5 Å². The lowest BCUT2D eigenvalue weighted by Crippen LogP contribution is -2.34. The van der Waals surface area contributed by atoms with Crippen LogP contribution in [-0.2, 0) is 16.3 Å². The van der Waals surface area contributed by atoms with Crippen LogP contribution in [0.4, 0.5) is 17.5 Å². The molecule has 1 aromatic carbocycles. The lowest BCUT2D eigenvalue weighted by Gasteiger charge is -2.25. The van der Waals surface area contributed by atoms with Crippen molar-refractivity contribution in [1.82, 2.24) is 9.97 Å². The van der Waals surface area contributed by atoms with Gasteiger partial charge in [-0.15, -0.1) is 0 Å². The zero-order valence-electron chi connectivity index (χ0n) is 13.6. The number of benzene rings is 1. The van der Waals surface area contributed by atoms with Crippen molar-refractivity contribution >= 4 is 27.3 Å². The van der Waals surface area contributed by atoms with Gasteiger partial charge in [-0.2, -0.15) is 4.98 Å². The predicted molar refractivity (Wildman–Crippen MR) is 94.6 cm³/mol. The molecule has 1 atom stereocenters. The summed E-state index contributed by atoms with van der Waals surface area (Å²) in [6.07, 6.45) is 3.39. The van der Waals surface area contributed by atoms with Crippen LogP contribution in [0.1, 0.15) is 12.0 Å². The third kappa shape index (κ3) is 2.73. The van der Waals surface area contributed by atoms with Crippen LogP contribution in [0.15, 0.2) is 36.5 Å². The first kappa shape index (κ1) is 15.4. The summed E-state index contributed by atoms with van der Waals surface area (Å²) in [6.45, 7) is 0.900. The third-order valence-corrected chi connectivity index (χ3v) is 6.61. The average molecular weight is 344 g/mol. The fourth-order valence-corrected chi connectivity index (χ4v) is 5.25. The monoisotopic (exact) mass is 344 g/mol. The molecule has 7 heteroatoms. The van der Waals surface area contributed by atoms with Gasteiger partial charge < -0.3 is 9.80 Å². The van der Waals surface area contributed by atoms with Crippen LogP contribution in [0.25, 0.3) is 0 Å². The predicted octanol–water partition coefficient (Wildman–Crippen LogP) is 1.79. The number of anilines is 3. The molecule has 3 heterocycles. The number of nitrogens with zero attached hydrogens (tertiary/aromatic N) is 4. The molecule has 1 saturated heterocycles. The Bertz CT molecular complexity index is 868. The van der Waals surface area contributed by atoms with Gasteiger partial charge in [-0.1, -0.05) is 18.2 Å². The molecule has 1 aromatic heterocycles. The molecule has 0 radical (unpaired) electrons. The Morgan fingerprint density at radius 2 is 2.08 bits per heavy atom. The molecule has 2 aliphatic heterocycles. The Morgan fingerprint density at radius 3 is 2.88 bits per heavy atom. The number of hydrogen-bond donors (Lipinski definition) is 0. The molecule has 6 nitrogen and oxygen atoms in total. The number of rotatable bonds is 3. The smallest absolute Gasteiger partial charge is 0.227 e. The van der Waals surface area contributed by atoms with Gasteiger partial charge >= 0.3 is 0 Å². The van der Waals surface area contributed by atoms with Gasteiger partial charge in [0.05, 0.1) is 11.5 Å². The van der Waals surface area contributed by atoms with Gasteiger partial charge in [0.1, 0.15) is 5.82 Å². The van der Waals surface area contributed by atoms with Gasteiger partial charge in [0.15, 0.2) is 9.84 Å². The second-order valence-corrected chi connectivity index (χ2v) is 8.64. The molecular weight excluding hydrogens is 324 g/mol. The summed E-state index contributed by atoms with van der Waals surface area (Å²) in [4.78, 5) is 13.1. The number of fused-ring (bicyclic) bond motifs is 1. The Hall–Kier alpha value is -2.15.